The van der Waals surface area contributed by atoms with Crippen LogP contribution >= 0.6 is 0 Å². The molecule has 0 fully saturated rings. The first-order valence-corrected chi connectivity index (χ1v) is 9.15. The van der Waals surface area contributed by atoms with Crippen LogP contribution < -0.4 is 11.0 Å². The number of pyridine rings is 1. The molecule has 0 radical (unpaired) electrons. The molecule has 2 aromatic carbocycles. The van der Waals surface area contributed by atoms with Gasteiger partial charge in [-0.3, -0.25) is 19.1 Å². The lowest BCUT2D eigenvalue weighted by atomic mass is 10.1. The number of Topliss-reactive ketones (excluding diaryl/α,β-unsaturated/α-hetero) is 1. The highest BCUT2D eigenvalue weighted by molar-refractivity contribution is 6.03. The number of phenols is 1. The van der Waals surface area contributed by atoms with E-state index in [1.165, 1.54) is 22.9 Å². The Morgan fingerprint density at radius 1 is 1.13 bits per heavy atom. The molecule has 9 heteroatoms. The number of rotatable bonds is 5. The number of aromatic hydroxyl groups is 1. The summed E-state index contributed by atoms with van der Waals surface area (Å²) in [6.07, 6.45) is 1.17. The van der Waals surface area contributed by atoms with Crippen molar-refractivity contribution in [3.05, 3.63) is 74.3 Å². The first kappa shape index (κ1) is 19.6. The molecule has 30 heavy (non-hydrogen) atoms. The molecule has 0 saturated heterocycles. The number of aryl methyl sites for hydroxylation is 2. The standard InChI is InChI=1S/C21H17F2N3O4/c1-25-20-14-8-18(28)19(29)9-17(14)26(21(30)15(20)10-24-25)5-4-13(27)6-11-2-3-12(22)7-16(11)23/h2-3,7-10,24,28H,4-6H2,1H3. The fraction of sp³-hybridized carbons (Fsp3) is 0.190. The minimum absolute atomic E-state index is 0.0357. The SMILES string of the molecule is Cn1[nH]cc2c(=O)n(CCC(=O)Cc3ccc(F)cc3F)c3cc(=O)c(O)cc3c21. The molecular formula is C21H17F2N3O4. The number of aromatic amines is 1. The Balaban J connectivity index is 1.72. The largest absolute Gasteiger partial charge is 0.504 e. The van der Waals surface area contributed by atoms with Crippen LogP contribution in [0.3, 0.4) is 0 Å². The zero-order valence-electron chi connectivity index (χ0n) is 15.9. The molecule has 0 unspecified atom stereocenters. The van der Waals surface area contributed by atoms with Gasteiger partial charge < -0.3 is 14.8 Å². The van der Waals surface area contributed by atoms with Crippen LogP contribution in [0.5, 0.6) is 5.75 Å². The highest BCUT2D eigenvalue weighted by Crippen LogP contribution is 2.24. The fourth-order valence-corrected chi connectivity index (χ4v) is 3.61. The van der Waals surface area contributed by atoms with Crippen LogP contribution in [0.2, 0.25) is 0 Å². The number of ketones is 1. The summed E-state index contributed by atoms with van der Waals surface area (Å²) in [7, 11) is 1.69. The average Bonchev–Trinajstić information content (AvgIpc) is 3.08. The average molecular weight is 413 g/mol. The molecule has 4 aromatic rings. The molecule has 2 N–H and O–H groups in total. The van der Waals surface area contributed by atoms with Gasteiger partial charge in [-0.05, 0) is 17.7 Å². The first-order valence-electron chi connectivity index (χ1n) is 9.15. The van der Waals surface area contributed by atoms with Crippen molar-refractivity contribution in [3.8, 4) is 5.75 Å². The molecule has 0 spiro atoms. The van der Waals surface area contributed by atoms with Crippen molar-refractivity contribution in [3.63, 3.8) is 0 Å². The summed E-state index contributed by atoms with van der Waals surface area (Å²) >= 11 is 0. The summed E-state index contributed by atoms with van der Waals surface area (Å²) in [5.41, 5.74) is -0.181. The van der Waals surface area contributed by atoms with Crippen molar-refractivity contribution < 1.29 is 18.7 Å². The molecule has 0 bridgehead atoms. The van der Waals surface area contributed by atoms with Crippen molar-refractivity contribution in [2.24, 2.45) is 7.05 Å². The van der Waals surface area contributed by atoms with Crippen molar-refractivity contribution in [2.75, 3.05) is 0 Å². The van der Waals surface area contributed by atoms with Gasteiger partial charge in [0.25, 0.3) is 5.56 Å². The van der Waals surface area contributed by atoms with Gasteiger partial charge in [0.15, 0.2) is 5.75 Å². The van der Waals surface area contributed by atoms with Gasteiger partial charge in [0.1, 0.15) is 17.4 Å². The van der Waals surface area contributed by atoms with Crippen LogP contribution in [-0.4, -0.2) is 25.2 Å². The number of nitrogens with one attached hydrogen (secondary N) is 1. The number of H-pyrrole nitrogens is 1. The van der Waals surface area contributed by atoms with Gasteiger partial charge in [-0.1, -0.05) is 6.07 Å². The quantitative estimate of drug-likeness (QED) is 0.525. The Hall–Kier alpha value is -3.75. The first-order chi connectivity index (χ1) is 14.3. The van der Waals surface area contributed by atoms with Crippen LogP contribution in [0.1, 0.15) is 12.0 Å². The van der Waals surface area contributed by atoms with Gasteiger partial charge in [0.2, 0.25) is 5.43 Å². The number of carbonyl (C=O) groups excluding carboxylic acids is 1. The van der Waals surface area contributed by atoms with Crippen molar-refractivity contribution in [2.45, 2.75) is 19.4 Å². The maximum atomic E-state index is 13.8. The van der Waals surface area contributed by atoms with Gasteiger partial charge in [-0.2, -0.15) is 0 Å². The lowest BCUT2D eigenvalue weighted by molar-refractivity contribution is -0.118. The Morgan fingerprint density at radius 3 is 2.63 bits per heavy atom. The van der Waals surface area contributed by atoms with Crippen molar-refractivity contribution >= 4 is 27.6 Å². The monoisotopic (exact) mass is 413 g/mol. The summed E-state index contributed by atoms with van der Waals surface area (Å²) in [4.78, 5) is 37.3. The Bertz CT molecular complexity index is 1430. The van der Waals surface area contributed by atoms with E-state index in [4.69, 9.17) is 0 Å². The number of aromatic nitrogens is 3. The highest BCUT2D eigenvalue weighted by Gasteiger charge is 2.17. The number of benzene rings is 2. The van der Waals surface area contributed by atoms with E-state index in [2.05, 4.69) is 5.10 Å². The molecule has 4 rings (SSSR count). The van der Waals surface area contributed by atoms with Crippen LogP contribution in [-0.2, 0) is 24.8 Å². The normalized spacial score (nSPS) is 11.4. The van der Waals surface area contributed by atoms with Gasteiger partial charge in [0, 0.05) is 50.1 Å². The number of phenolic OH excluding ortho intramolecular Hbond substituents is 1. The molecule has 0 aliphatic rings. The maximum Gasteiger partial charge on any atom is 0.262 e. The topological polar surface area (TPSA) is 97.1 Å². The molecule has 2 heterocycles. The zero-order chi connectivity index (χ0) is 21.6. The van der Waals surface area contributed by atoms with E-state index in [-0.39, 0.29) is 36.2 Å². The summed E-state index contributed by atoms with van der Waals surface area (Å²) in [5, 5.41) is 13.5. The van der Waals surface area contributed by atoms with E-state index < -0.39 is 28.4 Å². The Morgan fingerprint density at radius 2 is 1.90 bits per heavy atom. The molecule has 0 aliphatic carbocycles. The number of nitrogens with zero attached hydrogens (tertiary/aromatic N) is 2. The van der Waals surface area contributed by atoms with Gasteiger partial charge in [-0.15, -0.1) is 0 Å². The summed E-state index contributed by atoms with van der Waals surface area (Å²) < 4.78 is 29.7. The molecular weight excluding hydrogens is 396 g/mol. The van der Waals surface area contributed by atoms with Gasteiger partial charge in [0.05, 0.1) is 16.4 Å². The minimum Gasteiger partial charge on any atom is -0.504 e. The molecule has 0 aliphatic heterocycles. The fourth-order valence-electron chi connectivity index (χ4n) is 3.61. The van der Waals surface area contributed by atoms with Gasteiger partial charge >= 0.3 is 0 Å². The summed E-state index contributed by atoms with van der Waals surface area (Å²) in [5.74, 6) is -2.33. The van der Waals surface area contributed by atoms with Crippen molar-refractivity contribution in [1.82, 2.24) is 14.3 Å². The van der Waals surface area contributed by atoms with E-state index in [9.17, 15) is 28.3 Å². The zero-order valence-corrected chi connectivity index (χ0v) is 15.9. The number of hydrogen-bond acceptors (Lipinski definition) is 4. The third-order valence-corrected chi connectivity index (χ3v) is 5.11. The second kappa shape index (κ2) is 7.25. The maximum absolute atomic E-state index is 13.8. The predicted octanol–water partition coefficient (Wildman–Crippen LogP) is 2.37. The number of fused-ring (bicyclic) bond motifs is 3. The van der Waals surface area contributed by atoms with E-state index in [0.29, 0.717) is 22.4 Å². The Kier molecular flexibility index (Phi) is 4.73. The molecule has 0 atom stereocenters. The van der Waals surface area contributed by atoms with E-state index in [1.807, 2.05) is 0 Å². The number of halogens is 2. The lowest BCUT2D eigenvalue weighted by Crippen LogP contribution is -2.23. The molecule has 0 saturated carbocycles. The molecule has 2 aromatic heterocycles. The highest BCUT2D eigenvalue weighted by atomic mass is 19.1. The third-order valence-electron chi connectivity index (χ3n) is 5.11. The second-order valence-corrected chi connectivity index (χ2v) is 7.09. The van der Waals surface area contributed by atoms with Crippen LogP contribution in [0, 0.1) is 11.6 Å². The van der Waals surface area contributed by atoms with E-state index >= 15 is 0 Å². The summed E-state index contributed by atoms with van der Waals surface area (Å²) in [6.45, 7) is -0.0357. The Labute approximate surface area is 167 Å². The van der Waals surface area contributed by atoms with Crippen LogP contribution in [0.25, 0.3) is 21.8 Å². The molecule has 154 valence electrons. The predicted molar refractivity (Wildman–Crippen MR) is 107 cm³/mol. The molecule has 0 amide bonds. The van der Waals surface area contributed by atoms with Crippen LogP contribution in [0.4, 0.5) is 8.78 Å². The van der Waals surface area contributed by atoms with E-state index in [0.717, 1.165) is 12.1 Å². The van der Waals surface area contributed by atoms with Gasteiger partial charge in [-0.25, -0.2) is 8.78 Å². The van der Waals surface area contributed by atoms with Crippen LogP contribution in [0.15, 0.2) is 46.1 Å². The third kappa shape index (κ3) is 3.28. The summed E-state index contributed by atoms with van der Waals surface area (Å²) in [6, 6.07) is 5.44. The second-order valence-electron chi connectivity index (χ2n) is 7.09. The smallest absolute Gasteiger partial charge is 0.262 e. The van der Waals surface area contributed by atoms with Crippen molar-refractivity contribution in [1.29, 1.82) is 0 Å². The minimum atomic E-state index is -0.807. The van der Waals surface area contributed by atoms with E-state index in [1.54, 1.807) is 11.7 Å². The molecule has 7 nitrogen and oxygen atoms in total. The number of carbonyl (C=O) groups is 1. The lowest BCUT2D eigenvalue weighted by Gasteiger charge is -2.12. The number of hydrogen-bond donors (Lipinski definition) is 2.